The van der Waals surface area contributed by atoms with E-state index in [1.807, 2.05) is 0 Å². The summed E-state index contributed by atoms with van der Waals surface area (Å²) in [5.41, 5.74) is 0. The molecule has 0 aromatic heterocycles. The van der Waals surface area contributed by atoms with Gasteiger partial charge in [-0.3, -0.25) is 0 Å². The minimum atomic E-state index is -1.05. The van der Waals surface area contributed by atoms with Crippen LogP contribution in [0.4, 0.5) is 0 Å². The Morgan fingerprint density at radius 2 is 1.11 bits per heavy atom. The van der Waals surface area contributed by atoms with Crippen molar-refractivity contribution >= 4 is 8.60 Å². The quantitative estimate of drug-likeness (QED) is 0.445. The van der Waals surface area contributed by atoms with Gasteiger partial charge in [0, 0.05) is 21.3 Å². The zero-order chi connectivity index (χ0) is 5.70. The smallest absolute Gasteiger partial charge is 0.358 e. The van der Waals surface area contributed by atoms with Gasteiger partial charge in [-0.05, 0) is 0 Å². The minimum Gasteiger partial charge on any atom is -0.358 e. The molecular formula is C4H12AuO3P. The third-order valence-corrected chi connectivity index (χ3v) is 1.34. The predicted octanol–water partition coefficient (Wildman–Crippen LogP) is 1.60. The molecule has 0 saturated heterocycles. The summed E-state index contributed by atoms with van der Waals surface area (Å²) < 4.78 is 14.0. The molecule has 0 spiro atoms. The summed E-state index contributed by atoms with van der Waals surface area (Å²) in [6.07, 6.45) is 0. The Labute approximate surface area is 73.6 Å². The summed E-state index contributed by atoms with van der Waals surface area (Å²) in [5.74, 6) is 0. The molecule has 0 aliphatic rings. The van der Waals surface area contributed by atoms with Crippen LogP contribution < -0.4 is 0 Å². The van der Waals surface area contributed by atoms with Crippen molar-refractivity contribution in [1.82, 2.24) is 0 Å². The molecule has 0 aromatic carbocycles. The Balaban J connectivity index is -0.000000180. The van der Waals surface area contributed by atoms with Gasteiger partial charge in [0.2, 0.25) is 0 Å². The number of hydrogen-bond donors (Lipinski definition) is 0. The summed E-state index contributed by atoms with van der Waals surface area (Å²) in [6.45, 7) is 0. The molecular weight excluding hydrogens is 324 g/mol. The molecule has 0 aliphatic heterocycles. The van der Waals surface area contributed by atoms with Crippen molar-refractivity contribution < 1.29 is 36.0 Å². The second kappa shape index (κ2) is 11.8. The van der Waals surface area contributed by atoms with Crippen molar-refractivity contribution in [1.29, 1.82) is 0 Å². The van der Waals surface area contributed by atoms with Gasteiger partial charge in [0.1, 0.15) is 0 Å². The normalized spacial score (nSPS) is 8.00. The molecule has 0 unspecified atom stereocenters. The molecule has 0 heterocycles. The second-order valence-electron chi connectivity index (χ2n) is 0.771. The van der Waals surface area contributed by atoms with Crippen molar-refractivity contribution in [2.24, 2.45) is 0 Å². The molecule has 0 aromatic rings. The molecule has 9 heavy (non-hydrogen) atoms. The van der Waals surface area contributed by atoms with E-state index >= 15 is 0 Å². The van der Waals surface area contributed by atoms with Crippen molar-refractivity contribution in [3.05, 3.63) is 7.43 Å². The van der Waals surface area contributed by atoms with Gasteiger partial charge >= 0.3 is 31.0 Å². The predicted molar refractivity (Wildman–Crippen MR) is 34.4 cm³/mol. The minimum absolute atomic E-state index is 0. The van der Waals surface area contributed by atoms with Crippen LogP contribution in [-0.2, 0) is 36.0 Å². The average Bonchev–Trinajstić information content (AvgIpc) is 1.72. The van der Waals surface area contributed by atoms with Crippen molar-refractivity contribution in [2.45, 2.75) is 0 Å². The Kier molecular flexibility index (Phi) is 21.7. The van der Waals surface area contributed by atoms with Gasteiger partial charge < -0.3 is 21.0 Å². The van der Waals surface area contributed by atoms with Gasteiger partial charge in [-0.15, -0.1) is 0 Å². The third-order valence-electron chi connectivity index (χ3n) is 0.447. The zero-order valence-electron chi connectivity index (χ0n) is 5.97. The first kappa shape index (κ1) is 16.6. The summed E-state index contributed by atoms with van der Waals surface area (Å²) in [5, 5.41) is 0. The maximum atomic E-state index is 4.67. The van der Waals surface area contributed by atoms with E-state index in [2.05, 4.69) is 13.6 Å². The van der Waals surface area contributed by atoms with E-state index in [4.69, 9.17) is 0 Å². The van der Waals surface area contributed by atoms with E-state index in [1.54, 1.807) is 21.3 Å². The molecule has 0 atom stereocenters. The van der Waals surface area contributed by atoms with E-state index in [-0.39, 0.29) is 29.8 Å². The Morgan fingerprint density at radius 1 is 0.889 bits per heavy atom. The first-order valence-corrected chi connectivity index (χ1v) is 2.87. The maximum absolute atomic E-state index is 4.67. The van der Waals surface area contributed by atoms with Gasteiger partial charge in [0.25, 0.3) is 0 Å². The summed E-state index contributed by atoms with van der Waals surface area (Å²) in [4.78, 5) is 0. The standard InChI is InChI=1S/C3H9O3P.CH3.Au/c1-4-7(5-2)6-3;;/h1-3H3;1H3;/q;-1;+1. The van der Waals surface area contributed by atoms with Gasteiger partial charge in [0.15, 0.2) is 0 Å². The van der Waals surface area contributed by atoms with Crippen LogP contribution in [0.3, 0.4) is 0 Å². The molecule has 0 fully saturated rings. The molecule has 3 nitrogen and oxygen atoms in total. The van der Waals surface area contributed by atoms with Gasteiger partial charge in [0.05, 0.1) is 0 Å². The first-order chi connectivity index (χ1) is 3.35. The van der Waals surface area contributed by atoms with E-state index < -0.39 is 8.60 Å². The van der Waals surface area contributed by atoms with Crippen LogP contribution in [0.5, 0.6) is 0 Å². The Bertz CT molecular complexity index is 37.3. The van der Waals surface area contributed by atoms with E-state index in [1.165, 1.54) is 0 Å². The second-order valence-corrected chi connectivity index (χ2v) is 2.31. The van der Waals surface area contributed by atoms with Gasteiger partial charge in [-0.2, -0.15) is 0 Å². The van der Waals surface area contributed by atoms with Gasteiger partial charge in [-0.1, -0.05) is 0 Å². The molecule has 0 amide bonds. The van der Waals surface area contributed by atoms with Gasteiger partial charge in [-0.25, -0.2) is 0 Å². The largest absolute Gasteiger partial charge is 1.00 e. The molecule has 5 heteroatoms. The number of hydrogen-bond acceptors (Lipinski definition) is 3. The van der Waals surface area contributed by atoms with Crippen LogP contribution in [0.1, 0.15) is 0 Å². The molecule has 0 rings (SSSR count). The van der Waals surface area contributed by atoms with Crippen LogP contribution in [-0.4, -0.2) is 21.3 Å². The fourth-order valence-electron chi connectivity index (χ4n) is 0.224. The van der Waals surface area contributed by atoms with Crippen LogP contribution >= 0.6 is 8.60 Å². The molecule has 0 aliphatic carbocycles. The summed E-state index contributed by atoms with van der Waals surface area (Å²) in [6, 6.07) is 0. The van der Waals surface area contributed by atoms with Crippen molar-refractivity contribution in [3.8, 4) is 0 Å². The first-order valence-electron chi connectivity index (χ1n) is 1.77. The molecule has 0 radical (unpaired) electrons. The molecule has 0 bridgehead atoms. The molecule has 0 N–H and O–H groups in total. The van der Waals surface area contributed by atoms with E-state index in [0.717, 1.165) is 0 Å². The maximum Gasteiger partial charge on any atom is 1.00 e. The van der Waals surface area contributed by atoms with Crippen LogP contribution in [0, 0.1) is 7.43 Å². The topological polar surface area (TPSA) is 27.7 Å². The van der Waals surface area contributed by atoms with Crippen LogP contribution in [0.25, 0.3) is 0 Å². The monoisotopic (exact) mass is 336 g/mol. The Morgan fingerprint density at radius 3 is 1.11 bits per heavy atom. The SMILES string of the molecule is COP(OC)OC.[Au+].[CH3-]. The fourth-order valence-corrected chi connectivity index (χ4v) is 0.671. The Hall–Kier alpha value is 1.05. The van der Waals surface area contributed by atoms with Crippen molar-refractivity contribution in [2.75, 3.05) is 21.3 Å². The van der Waals surface area contributed by atoms with E-state index in [9.17, 15) is 0 Å². The summed E-state index contributed by atoms with van der Waals surface area (Å²) >= 11 is 0. The van der Waals surface area contributed by atoms with Crippen molar-refractivity contribution in [3.63, 3.8) is 0 Å². The van der Waals surface area contributed by atoms with Crippen LogP contribution in [0.2, 0.25) is 0 Å². The number of rotatable bonds is 3. The molecule has 0 saturated carbocycles. The zero-order valence-corrected chi connectivity index (χ0v) is 9.03. The third kappa shape index (κ3) is 9.05. The van der Waals surface area contributed by atoms with Crippen LogP contribution in [0.15, 0.2) is 0 Å². The average molecular weight is 336 g/mol. The fraction of sp³-hybridized carbons (Fsp3) is 0.750. The summed E-state index contributed by atoms with van der Waals surface area (Å²) in [7, 11) is 3.57. The van der Waals surface area contributed by atoms with E-state index in [0.29, 0.717) is 0 Å². The molecule has 62 valence electrons.